The fraction of sp³-hybridized carbons (Fsp3) is 0.0370. The summed E-state index contributed by atoms with van der Waals surface area (Å²) in [5, 5.41) is 3.52. The summed E-state index contributed by atoms with van der Waals surface area (Å²) in [6.45, 7) is 0.227. The summed E-state index contributed by atoms with van der Waals surface area (Å²) in [6, 6.07) is 24.3. The molecule has 6 nitrogen and oxygen atoms in total. The van der Waals surface area contributed by atoms with Crippen molar-refractivity contribution >= 4 is 26.8 Å². The average molecular weight is 486 g/mol. The first-order chi connectivity index (χ1) is 16.9. The predicted molar refractivity (Wildman–Crippen MR) is 132 cm³/mol. The van der Waals surface area contributed by atoms with Crippen molar-refractivity contribution in [2.45, 2.75) is 11.4 Å². The number of halogens is 1. The van der Waals surface area contributed by atoms with Crippen molar-refractivity contribution in [2.24, 2.45) is 0 Å². The van der Waals surface area contributed by atoms with E-state index in [4.69, 9.17) is 0 Å². The average Bonchev–Trinajstić information content (AvgIpc) is 3.29. The topological polar surface area (TPSA) is 81.1 Å². The first-order valence-electron chi connectivity index (χ1n) is 10.8. The lowest BCUT2D eigenvalue weighted by atomic mass is 10.1. The van der Waals surface area contributed by atoms with Crippen LogP contribution in [-0.2, 0) is 16.6 Å². The van der Waals surface area contributed by atoms with Crippen LogP contribution in [0.1, 0.15) is 15.9 Å². The predicted octanol–water partition coefficient (Wildman–Crippen LogP) is 5.01. The van der Waals surface area contributed by atoms with E-state index in [1.54, 1.807) is 42.7 Å². The lowest BCUT2D eigenvalue weighted by molar-refractivity contribution is 0.0951. The van der Waals surface area contributed by atoms with Gasteiger partial charge in [-0.05, 0) is 60.2 Å². The fourth-order valence-corrected chi connectivity index (χ4v) is 5.22. The van der Waals surface area contributed by atoms with Gasteiger partial charge in [0.05, 0.1) is 16.1 Å². The van der Waals surface area contributed by atoms with Crippen molar-refractivity contribution in [3.8, 4) is 11.3 Å². The van der Waals surface area contributed by atoms with Gasteiger partial charge in [0.1, 0.15) is 5.82 Å². The molecule has 0 bridgehead atoms. The molecule has 0 unspecified atom stereocenters. The molecule has 0 radical (unpaired) electrons. The summed E-state index contributed by atoms with van der Waals surface area (Å²) in [5.74, 6) is -0.707. The second-order valence-corrected chi connectivity index (χ2v) is 9.72. The molecule has 35 heavy (non-hydrogen) atoms. The molecular formula is C27H20FN3O3S. The quantitative estimate of drug-likeness (QED) is 0.367. The summed E-state index contributed by atoms with van der Waals surface area (Å²) in [4.78, 5) is 16.9. The van der Waals surface area contributed by atoms with Crippen LogP contribution in [0.4, 0.5) is 4.39 Å². The highest BCUT2D eigenvalue weighted by Gasteiger charge is 2.22. The third kappa shape index (κ3) is 4.43. The maximum absolute atomic E-state index is 13.5. The molecule has 2 heterocycles. The van der Waals surface area contributed by atoms with E-state index in [0.29, 0.717) is 22.3 Å². The zero-order valence-corrected chi connectivity index (χ0v) is 19.2. The van der Waals surface area contributed by atoms with Crippen LogP contribution in [0.15, 0.2) is 108 Å². The number of hydrogen-bond donors (Lipinski definition) is 1. The number of carbonyl (C=O) groups excluding carboxylic acids is 1. The van der Waals surface area contributed by atoms with Crippen LogP contribution in [0.3, 0.4) is 0 Å². The smallest absolute Gasteiger partial charge is 0.268 e. The van der Waals surface area contributed by atoms with Gasteiger partial charge in [0.15, 0.2) is 0 Å². The van der Waals surface area contributed by atoms with Crippen LogP contribution in [0.25, 0.3) is 22.2 Å². The lowest BCUT2D eigenvalue weighted by Crippen LogP contribution is -2.22. The monoisotopic (exact) mass is 485 g/mol. The number of fused-ring (bicyclic) bond motifs is 1. The Kier molecular flexibility index (Phi) is 5.88. The maximum Gasteiger partial charge on any atom is 0.268 e. The molecule has 0 fully saturated rings. The number of hydrogen-bond acceptors (Lipinski definition) is 4. The van der Waals surface area contributed by atoms with Crippen LogP contribution in [0.5, 0.6) is 0 Å². The third-order valence-electron chi connectivity index (χ3n) is 5.66. The molecular weight excluding hydrogens is 465 g/mol. The van der Waals surface area contributed by atoms with Gasteiger partial charge in [-0.25, -0.2) is 16.8 Å². The van der Waals surface area contributed by atoms with Gasteiger partial charge in [0.2, 0.25) is 0 Å². The molecule has 2 aromatic heterocycles. The highest BCUT2D eigenvalue weighted by molar-refractivity contribution is 7.90. The molecule has 0 saturated heterocycles. The highest BCUT2D eigenvalue weighted by atomic mass is 32.2. The van der Waals surface area contributed by atoms with Gasteiger partial charge in [0, 0.05) is 35.5 Å². The van der Waals surface area contributed by atoms with Gasteiger partial charge in [0.25, 0.3) is 15.9 Å². The lowest BCUT2D eigenvalue weighted by Gasteiger charge is -2.09. The van der Waals surface area contributed by atoms with Gasteiger partial charge in [-0.1, -0.05) is 36.4 Å². The third-order valence-corrected chi connectivity index (χ3v) is 7.35. The zero-order valence-electron chi connectivity index (χ0n) is 18.4. The summed E-state index contributed by atoms with van der Waals surface area (Å²) < 4.78 is 41.3. The van der Waals surface area contributed by atoms with Gasteiger partial charge < -0.3 is 5.32 Å². The first kappa shape index (κ1) is 22.5. The van der Waals surface area contributed by atoms with Crippen molar-refractivity contribution in [1.29, 1.82) is 0 Å². The summed E-state index contributed by atoms with van der Waals surface area (Å²) >= 11 is 0. The Labute approximate surface area is 201 Å². The minimum atomic E-state index is -3.93. The van der Waals surface area contributed by atoms with E-state index >= 15 is 0 Å². The number of nitrogens with one attached hydrogen (secondary N) is 1. The Balaban J connectivity index is 1.42. The van der Waals surface area contributed by atoms with Gasteiger partial charge >= 0.3 is 0 Å². The molecule has 3 aromatic carbocycles. The Morgan fingerprint density at radius 3 is 2.31 bits per heavy atom. The highest BCUT2D eigenvalue weighted by Crippen LogP contribution is 2.32. The second kappa shape index (κ2) is 9.15. The van der Waals surface area contributed by atoms with E-state index in [1.807, 2.05) is 24.3 Å². The second-order valence-electron chi connectivity index (χ2n) is 7.91. The van der Waals surface area contributed by atoms with E-state index in [0.717, 1.165) is 10.9 Å². The van der Waals surface area contributed by atoms with Crippen molar-refractivity contribution in [3.63, 3.8) is 0 Å². The normalized spacial score (nSPS) is 11.5. The molecule has 0 aliphatic heterocycles. The van der Waals surface area contributed by atoms with Gasteiger partial charge in [-0.15, -0.1) is 0 Å². The number of para-hydroxylation sites is 1. The molecule has 0 saturated carbocycles. The Bertz CT molecular complexity index is 1610. The summed E-state index contributed by atoms with van der Waals surface area (Å²) in [7, 11) is -3.93. The molecule has 5 aromatic rings. The van der Waals surface area contributed by atoms with Crippen LogP contribution < -0.4 is 5.32 Å². The Morgan fingerprint density at radius 1 is 0.886 bits per heavy atom. The molecule has 5 rings (SSSR count). The number of amides is 1. The molecule has 0 spiro atoms. The minimum Gasteiger partial charge on any atom is -0.348 e. The van der Waals surface area contributed by atoms with Crippen molar-refractivity contribution in [3.05, 3.63) is 120 Å². The molecule has 0 aliphatic carbocycles. The van der Waals surface area contributed by atoms with Crippen LogP contribution in [0, 0.1) is 5.82 Å². The number of nitrogens with zero attached hydrogens (tertiary/aromatic N) is 2. The minimum absolute atomic E-state index is 0.0564. The van der Waals surface area contributed by atoms with Crippen molar-refractivity contribution in [2.75, 3.05) is 0 Å². The van der Waals surface area contributed by atoms with Crippen molar-refractivity contribution in [1.82, 2.24) is 14.3 Å². The van der Waals surface area contributed by atoms with Crippen molar-refractivity contribution < 1.29 is 17.6 Å². The van der Waals surface area contributed by atoms with Gasteiger partial charge in [-0.3, -0.25) is 9.78 Å². The number of rotatable bonds is 6. The maximum atomic E-state index is 13.5. The molecule has 1 amide bonds. The SMILES string of the molecule is O=C(NCc1ccc(F)cc1)c1ccc(S(=O)(=O)n2cc(-c3ccccn3)c3ccccc32)cc1. The van der Waals surface area contributed by atoms with Gasteiger partial charge in [-0.2, -0.15) is 0 Å². The largest absolute Gasteiger partial charge is 0.348 e. The van der Waals surface area contributed by atoms with E-state index in [2.05, 4.69) is 10.3 Å². The molecule has 174 valence electrons. The fourth-order valence-electron chi connectivity index (χ4n) is 3.85. The number of benzene rings is 3. The van der Waals surface area contributed by atoms with E-state index < -0.39 is 10.0 Å². The van der Waals surface area contributed by atoms with E-state index in [-0.39, 0.29) is 23.2 Å². The number of carbonyl (C=O) groups is 1. The Morgan fingerprint density at radius 2 is 1.60 bits per heavy atom. The number of aromatic nitrogens is 2. The number of pyridine rings is 1. The Hall–Kier alpha value is -4.30. The molecule has 0 aliphatic rings. The molecule has 1 N–H and O–H groups in total. The summed E-state index contributed by atoms with van der Waals surface area (Å²) in [6.07, 6.45) is 3.24. The zero-order chi connectivity index (χ0) is 24.4. The molecule has 0 atom stereocenters. The molecule has 8 heteroatoms. The van der Waals surface area contributed by atoms with E-state index in [1.165, 1.54) is 40.4 Å². The van der Waals surface area contributed by atoms with Crippen LogP contribution in [0.2, 0.25) is 0 Å². The van der Waals surface area contributed by atoms with Crippen LogP contribution >= 0.6 is 0 Å². The van der Waals surface area contributed by atoms with Crippen LogP contribution in [-0.4, -0.2) is 23.3 Å². The van der Waals surface area contributed by atoms with E-state index in [9.17, 15) is 17.6 Å². The first-order valence-corrected chi connectivity index (χ1v) is 12.3. The standard InChI is InChI=1S/C27H20FN3O3S/c28-21-12-8-19(9-13-21)17-30-27(32)20-10-14-22(15-11-20)35(33,34)31-18-24(25-6-3-4-16-29-25)23-5-1-2-7-26(23)31/h1-16,18H,17H2,(H,30,32). The summed E-state index contributed by atoms with van der Waals surface area (Å²) in [5.41, 5.74) is 2.99.